The van der Waals surface area contributed by atoms with E-state index in [2.05, 4.69) is 70.0 Å². The number of alkyl halides is 1. The fourth-order valence-corrected chi connectivity index (χ4v) is 2.47. The maximum absolute atomic E-state index is 6.03. The van der Waals surface area contributed by atoms with Gasteiger partial charge >= 0.3 is 0 Å². The highest BCUT2D eigenvalue weighted by Crippen LogP contribution is 2.32. The van der Waals surface area contributed by atoms with Crippen LogP contribution >= 0.6 is 31.9 Å². The lowest BCUT2D eigenvalue weighted by atomic mass is 10.1. The summed E-state index contributed by atoms with van der Waals surface area (Å²) in [6.07, 6.45) is 0. The summed E-state index contributed by atoms with van der Waals surface area (Å²) in [6.45, 7) is 4.12. The molecule has 0 aliphatic carbocycles. The zero-order chi connectivity index (χ0) is 13.1. The van der Waals surface area contributed by atoms with Crippen molar-refractivity contribution in [1.82, 2.24) is 0 Å². The van der Waals surface area contributed by atoms with Gasteiger partial charge in [-0.25, -0.2) is 0 Å². The number of ether oxygens (including phenoxy) is 1. The minimum atomic E-state index is 0.778. The van der Waals surface area contributed by atoms with Gasteiger partial charge in [0.05, 0.1) is 0 Å². The first-order valence-corrected chi connectivity index (χ1v) is 7.61. The quantitative estimate of drug-likeness (QED) is 0.625. The van der Waals surface area contributed by atoms with E-state index in [4.69, 9.17) is 4.74 Å². The monoisotopic (exact) mass is 368 g/mol. The van der Waals surface area contributed by atoms with Crippen LogP contribution in [0, 0.1) is 13.8 Å². The van der Waals surface area contributed by atoms with Crippen molar-refractivity contribution in [2.24, 2.45) is 0 Å². The van der Waals surface area contributed by atoms with Gasteiger partial charge in [-0.05, 0) is 43.2 Å². The molecular formula is C15H14Br2O. The second kappa shape index (κ2) is 5.89. The first kappa shape index (κ1) is 13.6. The van der Waals surface area contributed by atoms with E-state index in [1.54, 1.807) is 0 Å². The van der Waals surface area contributed by atoms with Crippen LogP contribution in [0.15, 0.2) is 40.9 Å². The van der Waals surface area contributed by atoms with E-state index in [0.717, 1.165) is 32.4 Å². The van der Waals surface area contributed by atoms with Crippen molar-refractivity contribution in [1.29, 1.82) is 0 Å². The van der Waals surface area contributed by atoms with E-state index in [-0.39, 0.29) is 0 Å². The molecule has 0 saturated carbocycles. The molecule has 2 rings (SSSR count). The van der Waals surface area contributed by atoms with Crippen molar-refractivity contribution < 1.29 is 4.74 Å². The van der Waals surface area contributed by atoms with Gasteiger partial charge in [0.25, 0.3) is 0 Å². The van der Waals surface area contributed by atoms with Gasteiger partial charge in [-0.1, -0.05) is 50.1 Å². The molecule has 0 fully saturated rings. The van der Waals surface area contributed by atoms with Gasteiger partial charge in [-0.15, -0.1) is 0 Å². The van der Waals surface area contributed by atoms with Crippen molar-refractivity contribution in [2.75, 3.05) is 0 Å². The topological polar surface area (TPSA) is 9.23 Å². The van der Waals surface area contributed by atoms with Crippen LogP contribution in [0.2, 0.25) is 0 Å². The summed E-state index contributed by atoms with van der Waals surface area (Å²) < 4.78 is 7.05. The number of halogens is 2. The normalized spacial score (nSPS) is 10.4. The first-order chi connectivity index (χ1) is 8.60. The molecular weight excluding hydrogens is 356 g/mol. The Labute approximate surface area is 124 Å². The predicted molar refractivity (Wildman–Crippen MR) is 82.8 cm³/mol. The van der Waals surface area contributed by atoms with E-state index < -0.39 is 0 Å². The molecule has 0 heterocycles. The maximum atomic E-state index is 6.03. The average molecular weight is 370 g/mol. The summed E-state index contributed by atoms with van der Waals surface area (Å²) >= 11 is 6.96. The van der Waals surface area contributed by atoms with Gasteiger partial charge in [-0.3, -0.25) is 0 Å². The molecule has 0 aliphatic heterocycles. The van der Waals surface area contributed by atoms with Crippen molar-refractivity contribution in [2.45, 2.75) is 19.2 Å². The summed E-state index contributed by atoms with van der Waals surface area (Å²) in [7, 11) is 0. The maximum Gasteiger partial charge on any atom is 0.132 e. The molecule has 0 bridgehead atoms. The van der Waals surface area contributed by atoms with Crippen molar-refractivity contribution in [3.8, 4) is 11.5 Å². The molecule has 0 amide bonds. The van der Waals surface area contributed by atoms with Crippen LogP contribution in [-0.2, 0) is 5.33 Å². The molecule has 94 valence electrons. The number of hydrogen-bond donors (Lipinski definition) is 0. The van der Waals surface area contributed by atoms with Crippen molar-refractivity contribution in [3.63, 3.8) is 0 Å². The van der Waals surface area contributed by atoms with Crippen LogP contribution in [0.3, 0.4) is 0 Å². The number of hydrogen-bond acceptors (Lipinski definition) is 1. The van der Waals surface area contributed by atoms with E-state index in [1.807, 2.05) is 12.1 Å². The predicted octanol–water partition coefficient (Wildman–Crippen LogP) is 5.75. The molecule has 18 heavy (non-hydrogen) atoms. The van der Waals surface area contributed by atoms with Crippen LogP contribution in [0.1, 0.15) is 16.7 Å². The summed E-state index contributed by atoms with van der Waals surface area (Å²) in [6, 6.07) is 12.3. The number of benzene rings is 2. The number of aryl methyl sites for hydroxylation is 2. The molecule has 3 heteroatoms. The average Bonchev–Trinajstić information content (AvgIpc) is 2.34. The van der Waals surface area contributed by atoms with Crippen molar-refractivity contribution in [3.05, 3.63) is 57.6 Å². The lowest BCUT2D eigenvalue weighted by Gasteiger charge is -2.12. The van der Waals surface area contributed by atoms with Crippen molar-refractivity contribution >= 4 is 31.9 Å². The molecule has 0 atom stereocenters. The molecule has 2 aromatic rings. The largest absolute Gasteiger partial charge is 0.457 e. The van der Waals surface area contributed by atoms with Gasteiger partial charge in [0.1, 0.15) is 11.5 Å². The molecule has 0 N–H and O–H groups in total. The van der Waals surface area contributed by atoms with Crippen LogP contribution < -0.4 is 4.74 Å². The summed E-state index contributed by atoms with van der Waals surface area (Å²) in [4.78, 5) is 0. The van der Waals surface area contributed by atoms with Crippen LogP contribution in [0.4, 0.5) is 0 Å². The van der Waals surface area contributed by atoms with Gasteiger partial charge < -0.3 is 4.74 Å². The summed E-state index contributed by atoms with van der Waals surface area (Å²) in [5.41, 5.74) is 3.48. The Kier molecular flexibility index (Phi) is 4.46. The third kappa shape index (κ3) is 3.15. The van der Waals surface area contributed by atoms with E-state index in [1.165, 1.54) is 5.56 Å². The van der Waals surface area contributed by atoms with Crippen LogP contribution in [0.25, 0.3) is 0 Å². The van der Waals surface area contributed by atoms with Gasteiger partial charge in [-0.2, -0.15) is 0 Å². The smallest absolute Gasteiger partial charge is 0.132 e. The second-order valence-electron chi connectivity index (χ2n) is 4.26. The highest BCUT2D eigenvalue weighted by Gasteiger charge is 2.07. The number of rotatable bonds is 3. The Bertz CT molecular complexity index is 564. The Morgan fingerprint density at radius 3 is 2.50 bits per heavy atom. The molecule has 0 aliphatic rings. The van der Waals surface area contributed by atoms with Gasteiger partial charge in [0.15, 0.2) is 0 Å². The molecule has 0 radical (unpaired) electrons. The fraction of sp³-hybridized carbons (Fsp3) is 0.200. The summed E-state index contributed by atoms with van der Waals surface area (Å²) in [5, 5.41) is 0.778. The minimum absolute atomic E-state index is 0.778. The Balaban J connectivity index is 2.38. The first-order valence-electron chi connectivity index (χ1n) is 5.69. The third-order valence-corrected chi connectivity index (χ3v) is 3.83. The zero-order valence-electron chi connectivity index (χ0n) is 10.3. The van der Waals surface area contributed by atoms with E-state index >= 15 is 0 Å². The molecule has 0 aromatic heterocycles. The molecule has 1 nitrogen and oxygen atoms in total. The Morgan fingerprint density at radius 1 is 1.00 bits per heavy atom. The lowest BCUT2D eigenvalue weighted by molar-refractivity contribution is 0.474. The Morgan fingerprint density at radius 2 is 1.78 bits per heavy atom. The third-order valence-electron chi connectivity index (χ3n) is 2.74. The second-order valence-corrected chi connectivity index (χ2v) is 5.73. The highest BCUT2D eigenvalue weighted by molar-refractivity contribution is 9.10. The summed E-state index contributed by atoms with van der Waals surface area (Å²) in [5.74, 6) is 1.80. The molecule has 2 aromatic carbocycles. The Hall–Kier alpha value is -0.800. The molecule has 0 unspecified atom stereocenters. The lowest BCUT2D eigenvalue weighted by Crippen LogP contribution is -1.92. The van der Waals surface area contributed by atoms with Gasteiger partial charge in [0.2, 0.25) is 0 Å². The molecule has 0 saturated heterocycles. The minimum Gasteiger partial charge on any atom is -0.457 e. The fourth-order valence-electron chi connectivity index (χ4n) is 1.67. The van der Waals surface area contributed by atoms with E-state index in [0.29, 0.717) is 0 Å². The van der Waals surface area contributed by atoms with Crippen LogP contribution in [-0.4, -0.2) is 0 Å². The van der Waals surface area contributed by atoms with Crippen LogP contribution in [0.5, 0.6) is 11.5 Å². The van der Waals surface area contributed by atoms with Gasteiger partial charge in [0, 0.05) is 15.4 Å². The highest BCUT2D eigenvalue weighted by atomic mass is 79.9. The van der Waals surface area contributed by atoms with E-state index in [9.17, 15) is 0 Å². The molecule has 0 spiro atoms. The zero-order valence-corrected chi connectivity index (χ0v) is 13.5. The standard InChI is InChI=1S/C15H14Br2O/c1-10-3-4-11(2)14(7-10)18-15-8-13(17)6-5-12(15)9-16/h3-8H,9H2,1-2H3. The SMILES string of the molecule is Cc1ccc(C)c(Oc2cc(Br)ccc2CBr)c1.